The van der Waals surface area contributed by atoms with Crippen molar-refractivity contribution < 1.29 is 22.7 Å². The Morgan fingerprint density at radius 1 is 1.42 bits per heavy atom. The second-order valence-electron chi connectivity index (χ2n) is 4.33. The first-order chi connectivity index (χ1) is 8.84. The Kier molecular flexibility index (Phi) is 3.80. The van der Waals surface area contributed by atoms with Gasteiger partial charge in [0.1, 0.15) is 5.25 Å². The molecule has 0 N–H and O–H groups in total. The summed E-state index contributed by atoms with van der Waals surface area (Å²) in [5.41, 5.74) is -0.110. The van der Waals surface area contributed by atoms with Gasteiger partial charge in [-0.1, -0.05) is 6.92 Å². The molecule has 0 amide bonds. The zero-order valence-corrected chi connectivity index (χ0v) is 11.3. The first-order valence-corrected chi connectivity index (χ1v) is 6.77. The number of hydrogen-bond acceptors (Lipinski definition) is 3. The summed E-state index contributed by atoms with van der Waals surface area (Å²) in [6.07, 6.45) is -4.36. The molecule has 104 valence electrons. The number of alkyl halides is 3. The lowest BCUT2D eigenvalue weighted by molar-refractivity contribution is -0.142. The van der Waals surface area contributed by atoms with Crippen LogP contribution in [0.5, 0.6) is 0 Å². The molecular formula is C13H13F3O2S. The number of carbonyl (C=O) groups is 1. The van der Waals surface area contributed by atoms with Gasteiger partial charge in [-0.3, -0.25) is 4.79 Å². The zero-order valence-electron chi connectivity index (χ0n) is 10.5. The van der Waals surface area contributed by atoms with Gasteiger partial charge in [0, 0.05) is 10.8 Å². The number of rotatable bonds is 2. The summed E-state index contributed by atoms with van der Waals surface area (Å²) in [5, 5.41) is -0.460. The predicted molar refractivity (Wildman–Crippen MR) is 66.1 cm³/mol. The van der Waals surface area contributed by atoms with Gasteiger partial charge in [0.15, 0.2) is 0 Å². The van der Waals surface area contributed by atoms with Crippen molar-refractivity contribution in [1.29, 1.82) is 0 Å². The molecule has 1 heterocycles. The van der Waals surface area contributed by atoms with E-state index >= 15 is 0 Å². The van der Waals surface area contributed by atoms with E-state index in [1.54, 1.807) is 13.8 Å². The number of esters is 1. The van der Waals surface area contributed by atoms with E-state index in [1.807, 2.05) is 0 Å². The van der Waals surface area contributed by atoms with Crippen molar-refractivity contribution in [3.63, 3.8) is 0 Å². The molecule has 1 aliphatic rings. The van der Waals surface area contributed by atoms with Crippen molar-refractivity contribution >= 4 is 17.7 Å². The molecule has 0 saturated carbocycles. The van der Waals surface area contributed by atoms with E-state index in [1.165, 1.54) is 17.8 Å². The normalized spacial score (nSPS) is 22.2. The molecule has 0 bridgehead atoms. The topological polar surface area (TPSA) is 26.3 Å². The van der Waals surface area contributed by atoms with Gasteiger partial charge in [0.05, 0.1) is 12.2 Å². The van der Waals surface area contributed by atoms with Crippen LogP contribution in [0.15, 0.2) is 23.1 Å². The summed E-state index contributed by atoms with van der Waals surface area (Å²) in [6.45, 7) is 3.73. The van der Waals surface area contributed by atoms with Crippen LogP contribution in [0, 0.1) is 0 Å². The minimum Gasteiger partial charge on any atom is -0.465 e. The van der Waals surface area contributed by atoms with Crippen molar-refractivity contribution in [1.82, 2.24) is 0 Å². The highest BCUT2D eigenvalue weighted by molar-refractivity contribution is 8.01. The first kappa shape index (κ1) is 14.2. The molecule has 0 spiro atoms. The smallest absolute Gasteiger partial charge is 0.416 e. The van der Waals surface area contributed by atoms with Crippen molar-refractivity contribution in [2.75, 3.05) is 6.61 Å². The van der Waals surface area contributed by atoms with Gasteiger partial charge in [-0.15, -0.1) is 11.8 Å². The molecular weight excluding hydrogens is 277 g/mol. The summed E-state index contributed by atoms with van der Waals surface area (Å²) in [5.74, 6) is -0.647. The second-order valence-corrected chi connectivity index (χ2v) is 5.51. The predicted octanol–water partition coefficient (Wildman–Crippen LogP) is 3.85. The van der Waals surface area contributed by atoms with E-state index in [9.17, 15) is 18.0 Å². The third kappa shape index (κ3) is 2.73. The van der Waals surface area contributed by atoms with Crippen molar-refractivity contribution in [2.24, 2.45) is 0 Å². The number of thioether (sulfide) groups is 1. The summed E-state index contributed by atoms with van der Waals surface area (Å²) >= 11 is 1.27. The fourth-order valence-corrected chi connectivity index (χ4v) is 3.38. The maximum atomic E-state index is 12.7. The third-order valence-corrected chi connectivity index (χ3v) is 4.53. The van der Waals surface area contributed by atoms with E-state index in [-0.39, 0.29) is 18.5 Å². The van der Waals surface area contributed by atoms with E-state index < -0.39 is 17.0 Å². The SMILES string of the molecule is CCOC(=O)C1Sc2ccc(C(F)(F)F)cc2C1C. The van der Waals surface area contributed by atoms with Crippen molar-refractivity contribution in [3.8, 4) is 0 Å². The Morgan fingerprint density at radius 2 is 2.11 bits per heavy atom. The highest BCUT2D eigenvalue weighted by atomic mass is 32.2. The van der Waals surface area contributed by atoms with E-state index in [0.717, 1.165) is 17.0 Å². The van der Waals surface area contributed by atoms with E-state index in [4.69, 9.17) is 4.74 Å². The molecule has 0 radical (unpaired) electrons. The van der Waals surface area contributed by atoms with Crippen LogP contribution < -0.4 is 0 Å². The number of ether oxygens (including phenoxy) is 1. The highest BCUT2D eigenvalue weighted by Gasteiger charge is 2.39. The van der Waals surface area contributed by atoms with Crippen LogP contribution in [0.2, 0.25) is 0 Å². The minimum absolute atomic E-state index is 0.271. The molecule has 0 fully saturated rings. The van der Waals surface area contributed by atoms with Crippen molar-refractivity contribution in [2.45, 2.75) is 36.1 Å². The average Bonchev–Trinajstić information content (AvgIpc) is 2.66. The first-order valence-electron chi connectivity index (χ1n) is 5.89. The highest BCUT2D eigenvalue weighted by Crippen LogP contribution is 2.47. The monoisotopic (exact) mass is 290 g/mol. The number of halogens is 3. The third-order valence-electron chi connectivity index (χ3n) is 3.05. The van der Waals surface area contributed by atoms with E-state index in [2.05, 4.69) is 0 Å². The summed E-state index contributed by atoms with van der Waals surface area (Å²) in [6, 6.07) is 3.61. The Balaban J connectivity index is 2.29. The maximum absolute atomic E-state index is 12.7. The van der Waals surface area contributed by atoms with Gasteiger partial charge in [-0.2, -0.15) is 13.2 Å². The molecule has 0 aliphatic carbocycles. The second kappa shape index (κ2) is 5.07. The summed E-state index contributed by atoms with van der Waals surface area (Å²) in [4.78, 5) is 12.5. The zero-order chi connectivity index (χ0) is 14.2. The standard InChI is InChI=1S/C13H13F3O2S/c1-3-18-12(17)11-7(2)9-6-8(13(14,15)16)4-5-10(9)19-11/h4-7,11H,3H2,1-2H3. The number of benzene rings is 1. The molecule has 1 aromatic carbocycles. The fourth-order valence-electron chi connectivity index (χ4n) is 2.07. The van der Waals surface area contributed by atoms with Crippen molar-refractivity contribution in [3.05, 3.63) is 29.3 Å². The lowest BCUT2D eigenvalue weighted by Gasteiger charge is -2.13. The molecule has 2 unspecified atom stereocenters. The van der Waals surface area contributed by atoms with Gasteiger partial charge < -0.3 is 4.74 Å². The van der Waals surface area contributed by atoms with Gasteiger partial charge in [0.2, 0.25) is 0 Å². The Hall–Kier alpha value is -1.17. The maximum Gasteiger partial charge on any atom is 0.416 e. The molecule has 2 nitrogen and oxygen atoms in total. The molecule has 2 atom stereocenters. The van der Waals surface area contributed by atoms with Crippen LogP contribution in [0.25, 0.3) is 0 Å². The van der Waals surface area contributed by atoms with Crippen LogP contribution in [0.1, 0.15) is 30.9 Å². The van der Waals surface area contributed by atoms with Crippen LogP contribution in [0.4, 0.5) is 13.2 Å². The van der Waals surface area contributed by atoms with Crippen LogP contribution in [0.3, 0.4) is 0 Å². The number of fused-ring (bicyclic) bond motifs is 1. The molecule has 0 aromatic heterocycles. The Labute approximate surface area is 113 Å². The molecule has 6 heteroatoms. The van der Waals surface area contributed by atoms with Gasteiger partial charge in [-0.05, 0) is 30.7 Å². The quantitative estimate of drug-likeness (QED) is 0.774. The lowest BCUT2D eigenvalue weighted by atomic mass is 9.96. The van der Waals surface area contributed by atoms with Crippen LogP contribution >= 0.6 is 11.8 Å². The number of hydrogen-bond donors (Lipinski definition) is 0. The van der Waals surface area contributed by atoms with Gasteiger partial charge >= 0.3 is 12.1 Å². The van der Waals surface area contributed by atoms with Gasteiger partial charge in [-0.25, -0.2) is 0 Å². The van der Waals surface area contributed by atoms with Crippen LogP contribution in [-0.2, 0) is 15.7 Å². The van der Waals surface area contributed by atoms with Crippen LogP contribution in [-0.4, -0.2) is 17.8 Å². The fraction of sp³-hybridized carbons (Fsp3) is 0.462. The molecule has 0 saturated heterocycles. The number of carbonyl (C=O) groups excluding carboxylic acids is 1. The molecule has 1 aliphatic heterocycles. The summed E-state index contributed by atoms with van der Waals surface area (Å²) in [7, 11) is 0. The summed E-state index contributed by atoms with van der Waals surface area (Å²) < 4.78 is 42.9. The Morgan fingerprint density at radius 3 is 2.68 bits per heavy atom. The lowest BCUT2D eigenvalue weighted by Crippen LogP contribution is -2.22. The van der Waals surface area contributed by atoms with Gasteiger partial charge in [0.25, 0.3) is 0 Å². The molecule has 19 heavy (non-hydrogen) atoms. The minimum atomic E-state index is -4.36. The Bertz CT molecular complexity index is 499. The molecule has 2 rings (SSSR count). The average molecular weight is 290 g/mol. The largest absolute Gasteiger partial charge is 0.465 e. The molecule has 1 aromatic rings. The van der Waals surface area contributed by atoms with E-state index in [0.29, 0.717) is 5.56 Å².